The van der Waals surface area contributed by atoms with E-state index in [-0.39, 0.29) is 0 Å². The molecule has 1 aliphatic heterocycles. The van der Waals surface area contributed by atoms with Gasteiger partial charge in [0.05, 0.1) is 5.69 Å². The predicted octanol–water partition coefficient (Wildman–Crippen LogP) is 1.78. The second-order valence-corrected chi connectivity index (χ2v) is 4.31. The third-order valence-corrected chi connectivity index (χ3v) is 3.27. The zero-order valence-electron chi connectivity index (χ0n) is 7.51. The molecule has 2 heteroatoms. The summed E-state index contributed by atoms with van der Waals surface area (Å²) in [5.74, 6) is 0. The molecule has 2 aliphatic rings. The van der Waals surface area contributed by atoms with Gasteiger partial charge in [0.2, 0.25) is 0 Å². The molecular weight excluding hydrogens is 148 g/mol. The first-order valence-electron chi connectivity index (χ1n) is 4.87. The molecule has 0 radical (unpaired) electrons. The minimum absolute atomic E-state index is 0.675. The first kappa shape index (κ1) is 6.70. The number of rotatable bonds is 1. The van der Waals surface area contributed by atoms with Crippen LogP contribution < -0.4 is 0 Å². The third kappa shape index (κ3) is 0.780. The van der Waals surface area contributed by atoms with Crippen molar-refractivity contribution in [2.24, 2.45) is 5.41 Å². The second-order valence-electron chi connectivity index (χ2n) is 4.31. The number of fused-ring (bicyclic) bond motifs is 1. The highest BCUT2D eigenvalue weighted by atomic mass is 15.3. The topological polar surface area (TPSA) is 17.8 Å². The molecule has 2 nitrogen and oxygen atoms in total. The van der Waals surface area contributed by atoms with Gasteiger partial charge in [0, 0.05) is 12.2 Å². The molecular formula is C10H14N2. The quantitative estimate of drug-likeness (QED) is 0.615. The van der Waals surface area contributed by atoms with Gasteiger partial charge in [0.15, 0.2) is 0 Å². The van der Waals surface area contributed by atoms with Crippen molar-refractivity contribution in [2.75, 3.05) is 0 Å². The van der Waals surface area contributed by atoms with Crippen LogP contribution in [0.5, 0.6) is 0 Å². The molecule has 64 valence electrons. The second kappa shape index (κ2) is 1.93. The fourth-order valence-corrected chi connectivity index (χ4v) is 2.24. The van der Waals surface area contributed by atoms with Crippen LogP contribution in [0.1, 0.15) is 31.2 Å². The largest absolute Gasteiger partial charge is 0.269 e. The van der Waals surface area contributed by atoms with Gasteiger partial charge in [-0.25, -0.2) is 0 Å². The molecule has 2 heterocycles. The average Bonchev–Trinajstić information content (AvgIpc) is 2.52. The normalized spacial score (nSPS) is 23.1. The highest BCUT2D eigenvalue weighted by Gasteiger charge is 2.47. The van der Waals surface area contributed by atoms with Gasteiger partial charge >= 0.3 is 0 Å². The zero-order chi connectivity index (χ0) is 8.18. The maximum Gasteiger partial charge on any atom is 0.0624 e. The molecule has 0 atom stereocenters. The van der Waals surface area contributed by atoms with Crippen LogP contribution in [0.25, 0.3) is 0 Å². The van der Waals surface area contributed by atoms with E-state index >= 15 is 0 Å². The monoisotopic (exact) mass is 162 g/mol. The SMILES string of the molecule is CCc1cc2n(n1)CC1(CC1)C2. The van der Waals surface area contributed by atoms with Gasteiger partial charge in [-0.3, -0.25) is 4.68 Å². The fraction of sp³-hybridized carbons (Fsp3) is 0.700. The van der Waals surface area contributed by atoms with Crippen LogP contribution in [0.4, 0.5) is 0 Å². The number of hydrogen-bond acceptors (Lipinski definition) is 1. The van der Waals surface area contributed by atoms with E-state index in [0.29, 0.717) is 5.41 Å². The number of hydrogen-bond donors (Lipinski definition) is 0. The maximum atomic E-state index is 4.56. The minimum Gasteiger partial charge on any atom is -0.269 e. The lowest BCUT2D eigenvalue weighted by molar-refractivity contribution is 0.468. The first-order valence-corrected chi connectivity index (χ1v) is 4.87. The summed E-state index contributed by atoms with van der Waals surface area (Å²) < 4.78 is 2.23. The Balaban J connectivity index is 1.96. The van der Waals surface area contributed by atoms with Gasteiger partial charge in [0.25, 0.3) is 0 Å². The van der Waals surface area contributed by atoms with E-state index in [9.17, 15) is 0 Å². The Kier molecular flexibility index (Phi) is 1.07. The summed E-state index contributed by atoms with van der Waals surface area (Å²) in [5, 5.41) is 4.56. The van der Waals surface area contributed by atoms with Gasteiger partial charge in [-0.05, 0) is 37.2 Å². The molecule has 0 bridgehead atoms. The Morgan fingerprint density at radius 2 is 2.42 bits per heavy atom. The Morgan fingerprint density at radius 3 is 3.00 bits per heavy atom. The predicted molar refractivity (Wildman–Crippen MR) is 47.0 cm³/mol. The minimum atomic E-state index is 0.675. The highest BCUT2D eigenvalue weighted by molar-refractivity contribution is 5.19. The number of nitrogens with zero attached hydrogens (tertiary/aromatic N) is 2. The van der Waals surface area contributed by atoms with Crippen molar-refractivity contribution >= 4 is 0 Å². The van der Waals surface area contributed by atoms with E-state index in [2.05, 4.69) is 22.8 Å². The van der Waals surface area contributed by atoms with Gasteiger partial charge in [-0.1, -0.05) is 6.92 Å². The Morgan fingerprint density at radius 1 is 1.58 bits per heavy atom. The molecule has 1 saturated carbocycles. The standard InChI is InChI=1S/C10H14N2/c1-2-8-5-9-6-10(3-4-10)7-12(9)11-8/h5H,2-4,6-7H2,1H3. The van der Waals surface area contributed by atoms with Crippen molar-refractivity contribution in [2.45, 2.75) is 39.2 Å². The summed E-state index contributed by atoms with van der Waals surface area (Å²) >= 11 is 0. The van der Waals surface area contributed by atoms with Crippen LogP contribution in [0.3, 0.4) is 0 Å². The van der Waals surface area contributed by atoms with Gasteiger partial charge in [0.1, 0.15) is 0 Å². The van der Waals surface area contributed by atoms with E-state index in [0.717, 1.165) is 6.42 Å². The summed E-state index contributed by atoms with van der Waals surface area (Å²) in [7, 11) is 0. The fourth-order valence-electron chi connectivity index (χ4n) is 2.24. The lowest BCUT2D eigenvalue weighted by Crippen LogP contribution is -2.04. The smallest absolute Gasteiger partial charge is 0.0624 e. The molecule has 0 aromatic carbocycles. The summed E-state index contributed by atoms with van der Waals surface area (Å²) in [4.78, 5) is 0. The van der Waals surface area contributed by atoms with Gasteiger partial charge < -0.3 is 0 Å². The Hall–Kier alpha value is -0.790. The zero-order valence-corrected chi connectivity index (χ0v) is 7.51. The molecule has 1 aromatic heterocycles. The third-order valence-electron chi connectivity index (χ3n) is 3.27. The van der Waals surface area contributed by atoms with Crippen LogP contribution in [0.2, 0.25) is 0 Å². The number of aryl methyl sites for hydroxylation is 1. The van der Waals surface area contributed by atoms with Crippen molar-refractivity contribution in [3.05, 3.63) is 17.5 Å². The maximum absolute atomic E-state index is 4.56. The van der Waals surface area contributed by atoms with Crippen molar-refractivity contribution < 1.29 is 0 Å². The van der Waals surface area contributed by atoms with Crippen molar-refractivity contribution in [3.8, 4) is 0 Å². The summed E-state index contributed by atoms with van der Waals surface area (Å²) in [6.07, 6.45) is 5.22. The van der Waals surface area contributed by atoms with Gasteiger partial charge in [-0.15, -0.1) is 0 Å². The summed E-state index contributed by atoms with van der Waals surface area (Å²) in [6.45, 7) is 3.37. The van der Waals surface area contributed by atoms with Crippen molar-refractivity contribution in [3.63, 3.8) is 0 Å². The first-order chi connectivity index (χ1) is 5.81. The van der Waals surface area contributed by atoms with Crippen molar-refractivity contribution in [1.29, 1.82) is 0 Å². The molecule has 1 aliphatic carbocycles. The lowest BCUT2D eigenvalue weighted by Gasteiger charge is -2.01. The molecule has 0 N–H and O–H groups in total. The summed E-state index contributed by atoms with van der Waals surface area (Å²) in [5.41, 5.74) is 3.42. The van der Waals surface area contributed by atoms with Crippen LogP contribution >= 0.6 is 0 Å². The van der Waals surface area contributed by atoms with Crippen LogP contribution in [-0.2, 0) is 19.4 Å². The molecule has 1 fully saturated rings. The Labute approximate surface area is 72.6 Å². The van der Waals surface area contributed by atoms with E-state index in [1.807, 2.05) is 0 Å². The molecule has 1 spiro atoms. The lowest BCUT2D eigenvalue weighted by atomic mass is 10.0. The highest BCUT2D eigenvalue weighted by Crippen LogP contribution is 2.53. The molecule has 1 aromatic rings. The molecule has 0 amide bonds. The molecule has 12 heavy (non-hydrogen) atoms. The van der Waals surface area contributed by atoms with E-state index < -0.39 is 0 Å². The van der Waals surface area contributed by atoms with Crippen LogP contribution in [0.15, 0.2) is 6.07 Å². The number of aromatic nitrogens is 2. The molecule has 0 unspecified atom stereocenters. The average molecular weight is 162 g/mol. The van der Waals surface area contributed by atoms with Crippen molar-refractivity contribution in [1.82, 2.24) is 9.78 Å². The summed E-state index contributed by atoms with van der Waals surface area (Å²) in [6, 6.07) is 2.28. The van der Waals surface area contributed by atoms with Crippen LogP contribution in [0, 0.1) is 5.41 Å². The van der Waals surface area contributed by atoms with Crippen LogP contribution in [-0.4, -0.2) is 9.78 Å². The van der Waals surface area contributed by atoms with E-state index in [1.165, 1.54) is 37.2 Å². The molecule has 3 rings (SSSR count). The Bertz CT molecular complexity index is 295. The van der Waals surface area contributed by atoms with Gasteiger partial charge in [-0.2, -0.15) is 5.10 Å². The molecule has 0 saturated heterocycles. The van der Waals surface area contributed by atoms with E-state index in [1.54, 1.807) is 0 Å². The van der Waals surface area contributed by atoms with E-state index in [4.69, 9.17) is 0 Å².